The van der Waals surface area contributed by atoms with Crippen molar-refractivity contribution in [3.63, 3.8) is 0 Å². The van der Waals surface area contributed by atoms with Crippen molar-refractivity contribution in [2.24, 2.45) is 0 Å². The molecule has 2 rings (SSSR count). The van der Waals surface area contributed by atoms with Gasteiger partial charge in [-0.1, -0.05) is 18.2 Å². The fraction of sp³-hybridized carbons (Fsp3) is 0.522. The highest BCUT2D eigenvalue weighted by molar-refractivity contribution is 5.96. The minimum Gasteiger partial charge on any atom is -0.480 e. The predicted molar refractivity (Wildman–Crippen MR) is 127 cm³/mol. The Labute approximate surface area is 208 Å². The summed E-state index contributed by atoms with van der Waals surface area (Å²) in [6, 6.07) is 7.53. The summed E-state index contributed by atoms with van der Waals surface area (Å²) >= 11 is 0. The van der Waals surface area contributed by atoms with E-state index in [1.165, 1.54) is 9.80 Å². The number of carboxylic acids is 4. The Kier molecular flexibility index (Phi) is 11.2. The number of carbonyl (C=O) groups excluding carboxylic acids is 1. The zero-order valence-electron chi connectivity index (χ0n) is 19.9. The van der Waals surface area contributed by atoms with Crippen LogP contribution in [0.2, 0.25) is 0 Å². The zero-order chi connectivity index (χ0) is 26.7. The molecule has 13 heteroatoms. The van der Waals surface area contributed by atoms with Crippen molar-refractivity contribution in [3.05, 3.63) is 29.8 Å². The molecule has 198 valence electrons. The van der Waals surface area contributed by atoms with E-state index in [1.54, 1.807) is 4.90 Å². The molecule has 0 radical (unpaired) electrons. The van der Waals surface area contributed by atoms with E-state index in [2.05, 4.69) is 0 Å². The first-order valence-corrected chi connectivity index (χ1v) is 11.5. The number of hydrogen-bond acceptors (Lipinski definition) is 8. The van der Waals surface area contributed by atoms with Gasteiger partial charge < -0.3 is 25.3 Å². The van der Waals surface area contributed by atoms with E-state index >= 15 is 0 Å². The Morgan fingerprint density at radius 1 is 0.667 bits per heavy atom. The third-order valence-electron chi connectivity index (χ3n) is 5.67. The number of aryl methyl sites for hydroxylation is 1. The molecule has 0 unspecified atom stereocenters. The zero-order valence-corrected chi connectivity index (χ0v) is 19.9. The lowest BCUT2D eigenvalue weighted by molar-refractivity contribution is -0.143. The highest BCUT2D eigenvalue weighted by atomic mass is 16.4. The molecule has 0 bridgehead atoms. The van der Waals surface area contributed by atoms with Gasteiger partial charge >= 0.3 is 23.9 Å². The fourth-order valence-corrected chi connectivity index (χ4v) is 4.10. The second-order valence-electron chi connectivity index (χ2n) is 8.55. The van der Waals surface area contributed by atoms with Crippen LogP contribution in [-0.2, 0) is 30.4 Å². The summed E-state index contributed by atoms with van der Waals surface area (Å²) in [7, 11) is 0. The van der Waals surface area contributed by atoms with E-state index in [-0.39, 0.29) is 38.6 Å². The molecule has 0 fully saturated rings. The Balaban J connectivity index is 2.03. The Bertz CT molecular complexity index is 939. The van der Waals surface area contributed by atoms with E-state index in [9.17, 15) is 34.2 Å². The molecule has 1 heterocycles. The average molecular weight is 509 g/mol. The molecule has 36 heavy (non-hydrogen) atoms. The summed E-state index contributed by atoms with van der Waals surface area (Å²) in [6.45, 7) is -1.37. The average Bonchev–Trinajstić information content (AvgIpc) is 2.78. The molecule has 1 amide bonds. The molecule has 0 spiro atoms. The maximum Gasteiger partial charge on any atom is 0.317 e. The minimum atomic E-state index is -1.22. The van der Waals surface area contributed by atoms with Crippen molar-refractivity contribution in [2.45, 2.75) is 12.8 Å². The maximum absolute atomic E-state index is 13.1. The van der Waals surface area contributed by atoms with Gasteiger partial charge in [-0.25, -0.2) is 0 Å². The lowest BCUT2D eigenvalue weighted by Gasteiger charge is -2.32. The van der Waals surface area contributed by atoms with E-state index in [4.69, 9.17) is 10.2 Å². The van der Waals surface area contributed by atoms with Crippen LogP contribution in [0.25, 0.3) is 0 Å². The third-order valence-corrected chi connectivity index (χ3v) is 5.67. The minimum absolute atomic E-state index is 0.0195. The number of anilines is 1. The number of carboxylic acid groups (broad SMARTS) is 4. The Morgan fingerprint density at radius 3 is 1.64 bits per heavy atom. The third kappa shape index (κ3) is 9.98. The SMILES string of the molecule is O=C(O)CN(CCN(CC(=O)O)CC(=O)O)CCN(CC(=O)O)CC(=O)N1CCCc2ccccc21. The summed E-state index contributed by atoms with van der Waals surface area (Å²) in [5.41, 5.74) is 1.84. The van der Waals surface area contributed by atoms with E-state index in [0.717, 1.165) is 29.0 Å². The van der Waals surface area contributed by atoms with E-state index in [0.29, 0.717) is 6.54 Å². The highest BCUT2D eigenvalue weighted by Gasteiger charge is 2.25. The van der Waals surface area contributed by atoms with Crippen molar-refractivity contribution in [2.75, 3.05) is 70.3 Å². The number of para-hydroxylation sites is 1. The van der Waals surface area contributed by atoms with Gasteiger partial charge in [0.15, 0.2) is 0 Å². The van der Waals surface area contributed by atoms with Crippen LogP contribution in [-0.4, -0.2) is 130 Å². The van der Waals surface area contributed by atoms with Crippen LogP contribution in [0, 0.1) is 0 Å². The highest BCUT2D eigenvalue weighted by Crippen LogP contribution is 2.26. The van der Waals surface area contributed by atoms with Crippen LogP contribution in [0.1, 0.15) is 12.0 Å². The first-order valence-electron chi connectivity index (χ1n) is 11.5. The maximum atomic E-state index is 13.1. The van der Waals surface area contributed by atoms with Gasteiger partial charge in [0.2, 0.25) is 5.91 Å². The van der Waals surface area contributed by atoms with Crippen molar-refractivity contribution in [3.8, 4) is 0 Å². The smallest absolute Gasteiger partial charge is 0.317 e. The van der Waals surface area contributed by atoms with Crippen LogP contribution in [0.5, 0.6) is 0 Å². The number of aliphatic carboxylic acids is 4. The second-order valence-corrected chi connectivity index (χ2v) is 8.55. The topological polar surface area (TPSA) is 179 Å². The molecule has 4 N–H and O–H groups in total. The van der Waals surface area contributed by atoms with Crippen LogP contribution in [0.4, 0.5) is 5.69 Å². The van der Waals surface area contributed by atoms with Crippen molar-refractivity contribution >= 4 is 35.5 Å². The molecular formula is C23H32N4O9. The van der Waals surface area contributed by atoms with Gasteiger partial charge in [0.05, 0.1) is 32.7 Å². The summed E-state index contributed by atoms with van der Waals surface area (Å²) in [5, 5.41) is 36.5. The van der Waals surface area contributed by atoms with Crippen LogP contribution in [0.15, 0.2) is 24.3 Å². The fourth-order valence-electron chi connectivity index (χ4n) is 4.10. The normalized spacial score (nSPS) is 13.1. The number of benzene rings is 1. The van der Waals surface area contributed by atoms with Gasteiger partial charge in [-0.15, -0.1) is 0 Å². The monoisotopic (exact) mass is 508 g/mol. The number of nitrogens with zero attached hydrogens (tertiary/aromatic N) is 4. The lowest BCUT2D eigenvalue weighted by atomic mass is 10.0. The second kappa shape index (κ2) is 14.1. The quantitative estimate of drug-likeness (QED) is 0.219. The number of fused-ring (bicyclic) bond motifs is 1. The Hall–Kier alpha value is -3.55. The van der Waals surface area contributed by atoms with Crippen LogP contribution < -0.4 is 4.90 Å². The van der Waals surface area contributed by atoms with Crippen LogP contribution in [0.3, 0.4) is 0 Å². The van der Waals surface area contributed by atoms with Gasteiger partial charge in [-0.2, -0.15) is 0 Å². The van der Waals surface area contributed by atoms with Gasteiger partial charge in [-0.3, -0.25) is 38.7 Å². The lowest BCUT2D eigenvalue weighted by Crippen LogP contribution is -2.48. The molecule has 0 saturated heterocycles. The molecule has 0 aliphatic carbocycles. The summed E-state index contributed by atoms with van der Waals surface area (Å²) in [5.74, 6) is -4.98. The molecule has 1 aromatic rings. The molecule has 13 nitrogen and oxygen atoms in total. The van der Waals surface area contributed by atoms with Gasteiger partial charge in [-0.05, 0) is 24.5 Å². The molecular weight excluding hydrogens is 476 g/mol. The van der Waals surface area contributed by atoms with Crippen molar-refractivity contribution in [1.29, 1.82) is 0 Å². The van der Waals surface area contributed by atoms with Gasteiger partial charge in [0, 0.05) is 38.4 Å². The van der Waals surface area contributed by atoms with Gasteiger partial charge in [0.25, 0.3) is 0 Å². The first kappa shape index (κ1) is 28.7. The molecule has 0 saturated carbocycles. The molecule has 0 atom stereocenters. The van der Waals surface area contributed by atoms with Crippen molar-refractivity contribution in [1.82, 2.24) is 14.7 Å². The summed E-state index contributed by atoms with van der Waals surface area (Å²) in [4.78, 5) is 63.5. The van der Waals surface area contributed by atoms with E-state index < -0.39 is 50.1 Å². The standard InChI is InChI=1S/C23H32N4O9/c28-19(27-7-3-5-17-4-1-2-6-18(17)27)12-25(14-21(31)32)10-8-24(13-20(29)30)9-11-26(15-22(33)34)16-23(35)36/h1-2,4,6H,3,5,7-16H2,(H,29,30)(H,31,32)(H,33,34)(H,35,36). The van der Waals surface area contributed by atoms with E-state index in [1.807, 2.05) is 24.3 Å². The number of hydrogen-bond donors (Lipinski definition) is 4. The number of amides is 1. The summed E-state index contributed by atoms with van der Waals surface area (Å²) in [6.07, 6.45) is 1.64. The molecule has 0 aromatic heterocycles. The summed E-state index contributed by atoms with van der Waals surface area (Å²) < 4.78 is 0. The van der Waals surface area contributed by atoms with Gasteiger partial charge in [0.1, 0.15) is 0 Å². The number of carbonyl (C=O) groups is 5. The first-order chi connectivity index (χ1) is 17.0. The van der Waals surface area contributed by atoms with Crippen LogP contribution >= 0.6 is 0 Å². The molecule has 1 aliphatic heterocycles. The number of rotatable bonds is 16. The van der Waals surface area contributed by atoms with Crippen molar-refractivity contribution < 1.29 is 44.4 Å². The predicted octanol–water partition coefficient (Wildman–Crippen LogP) is -0.790. The largest absolute Gasteiger partial charge is 0.480 e. The molecule has 1 aliphatic rings. The molecule has 1 aromatic carbocycles. The Morgan fingerprint density at radius 2 is 1.11 bits per heavy atom.